The van der Waals surface area contributed by atoms with E-state index in [1.54, 1.807) is 0 Å². The molecular weight excluding hydrogens is 258 g/mol. The van der Waals surface area contributed by atoms with Gasteiger partial charge in [0.2, 0.25) is 0 Å². The molecule has 3 heteroatoms. The lowest BCUT2D eigenvalue weighted by Crippen LogP contribution is -2.45. The first-order valence-electron chi connectivity index (χ1n) is 7.38. The Morgan fingerprint density at radius 1 is 0.905 bits per heavy atom. The van der Waals surface area contributed by atoms with E-state index in [-0.39, 0.29) is 6.04 Å². The summed E-state index contributed by atoms with van der Waals surface area (Å²) in [6.07, 6.45) is 0. The fraction of sp³-hybridized carbons (Fsp3) is 0.278. The summed E-state index contributed by atoms with van der Waals surface area (Å²) in [5.41, 5.74) is 3.28. The zero-order valence-corrected chi connectivity index (χ0v) is 12.0. The van der Waals surface area contributed by atoms with Crippen LogP contribution in [0, 0.1) is 11.3 Å². The third kappa shape index (κ3) is 3.13. The first-order chi connectivity index (χ1) is 10.4. The van der Waals surface area contributed by atoms with E-state index < -0.39 is 0 Å². The summed E-state index contributed by atoms with van der Waals surface area (Å²) in [6.45, 7) is 4.14. The van der Waals surface area contributed by atoms with Crippen molar-refractivity contribution < 1.29 is 0 Å². The van der Waals surface area contributed by atoms with Crippen molar-refractivity contribution in [2.45, 2.75) is 6.04 Å². The van der Waals surface area contributed by atoms with Gasteiger partial charge in [-0.15, -0.1) is 0 Å². The van der Waals surface area contributed by atoms with Gasteiger partial charge in [0.05, 0.1) is 17.7 Å². The van der Waals surface area contributed by atoms with Crippen LogP contribution in [0.2, 0.25) is 0 Å². The highest BCUT2D eigenvalue weighted by Crippen LogP contribution is 2.28. The number of benzene rings is 2. The molecule has 0 unspecified atom stereocenters. The smallest absolute Gasteiger partial charge is 0.0991 e. The van der Waals surface area contributed by atoms with E-state index in [1.807, 2.05) is 12.1 Å². The van der Waals surface area contributed by atoms with Crippen molar-refractivity contribution in [1.29, 1.82) is 5.26 Å². The molecule has 21 heavy (non-hydrogen) atoms. The third-order valence-corrected chi connectivity index (χ3v) is 3.99. The predicted octanol–water partition coefficient (Wildman–Crippen LogP) is 2.55. The molecule has 1 aliphatic heterocycles. The molecular formula is C18H19N3. The molecule has 0 aromatic heterocycles. The van der Waals surface area contributed by atoms with E-state index in [1.165, 1.54) is 11.1 Å². The van der Waals surface area contributed by atoms with E-state index in [0.717, 1.165) is 26.2 Å². The Morgan fingerprint density at radius 3 is 2.14 bits per heavy atom. The highest BCUT2D eigenvalue weighted by Gasteiger charge is 2.23. The molecule has 0 spiro atoms. The highest BCUT2D eigenvalue weighted by atomic mass is 15.2. The quantitative estimate of drug-likeness (QED) is 0.937. The fourth-order valence-electron chi connectivity index (χ4n) is 2.93. The third-order valence-electron chi connectivity index (χ3n) is 3.99. The zero-order valence-electron chi connectivity index (χ0n) is 12.0. The molecule has 1 atom stereocenters. The van der Waals surface area contributed by atoms with Gasteiger partial charge in [-0.1, -0.05) is 42.5 Å². The van der Waals surface area contributed by atoms with Crippen LogP contribution in [-0.4, -0.2) is 31.1 Å². The number of rotatable bonds is 3. The van der Waals surface area contributed by atoms with E-state index >= 15 is 0 Å². The molecule has 1 N–H and O–H groups in total. The Kier molecular flexibility index (Phi) is 4.30. The van der Waals surface area contributed by atoms with Gasteiger partial charge in [0.1, 0.15) is 0 Å². The van der Waals surface area contributed by atoms with Crippen molar-refractivity contribution >= 4 is 0 Å². The maximum absolute atomic E-state index is 8.96. The molecule has 1 aliphatic rings. The average molecular weight is 277 g/mol. The van der Waals surface area contributed by atoms with E-state index in [0.29, 0.717) is 5.56 Å². The zero-order chi connectivity index (χ0) is 14.5. The van der Waals surface area contributed by atoms with Gasteiger partial charge in [-0.3, -0.25) is 4.90 Å². The van der Waals surface area contributed by atoms with Gasteiger partial charge in [0, 0.05) is 26.2 Å². The fourth-order valence-corrected chi connectivity index (χ4v) is 2.93. The second kappa shape index (κ2) is 6.53. The molecule has 2 aromatic rings. The van der Waals surface area contributed by atoms with Gasteiger partial charge >= 0.3 is 0 Å². The molecule has 106 valence electrons. The van der Waals surface area contributed by atoms with Gasteiger partial charge in [0.15, 0.2) is 0 Å². The number of hydrogen-bond donors (Lipinski definition) is 1. The Bertz CT molecular complexity index is 607. The highest BCUT2D eigenvalue weighted by molar-refractivity contribution is 5.37. The van der Waals surface area contributed by atoms with Crippen molar-refractivity contribution in [2.24, 2.45) is 0 Å². The van der Waals surface area contributed by atoms with Crippen LogP contribution >= 0.6 is 0 Å². The normalized spacial score (nSPS) is 17.1. The molecule has 0 bridgehead atoms. The number of nitrogens with one attached hydrogen (secondary N) is 1. The minimum atomic E-state index is 0.265. The number of nitrogens with zero attached hydrogens (tertiary/aromatic N) is 2. The predicted molar refractivity (Wildman–Crippen MR) is 83.9 cm³/mol. The van der Waals surface area contributed by atoms with Crippen molar-refractivity contribution in [2.75, 3.05) is 26.2 Å². The molecule has 3 rings (SSSR count). The van der Waals surface area contributed by atoms with Gasteiger partial charge in [0.25, 0.3) is 0 Å². The van der Waals surface area contributed by atoms with Crippen molar-refractivity contribution in [3.05, 3.63) is 71.3 Å². The molecule has 0 saturated carbocycles. The second-order valence-electron chi connectivity index (χ2n) is 5.33. The second-order valence-corrected chi connectivity index (χ2v) is 5.33. The Balaban J connectivity index is 1.96. The van der Waals surface area contributed by atoms with Crippen molar-refractivity contribution in [3.8, 4) is 6.07 Å². The SMILES string of the molecule is N#Cc1ccc([C@@H](c2ccccc2)N2CCNCC2)cc1. The van der Waals surface area contributed by atoms with E-state index in [4.69, 9.17) is 5.26 Å². The van der Waals surface area contributed by atoms with Gasteiger partial charge < -0.3 is 5.32 Å². The standard InChI is InChI=1S/C18H19N3/c19-14-15-6-8-17(9-7-15)18(16-4-2-1-3-5-16)21-12-10-20-11-13-21/h1-9,18,20H,10-13H2/t18-/m1/s1. The summed E-state index contributed by atoms with van der Waals surface area (Å²) in [4.78, 5) is 2.51. The summed E-state index contributed by atoms with van der Waals surface area (Å²) >= 11 is 0. The number of nitriles is 1. The Labute approximate surface area is 125 Å². The van der Waals surface area contributed by atoms with Gasteiger partial charge in [-0.25, -0.2) is 0 Å². The molecule has 0 amide bonds. The van der Waals surface area contributed by atoms with Crippen LogP contribution in [0.15, 0.2) is 54.6 Å². The summed E-state index contributed by atoms with van der Waals surface area (Å²) in [5.74, 6) is 0. The minimum absolute atomic E-state index is 0.265. The van der Waals surface area contributed by atoms with Crippen LogP contribution in [0.5, 0.6) is 0 Å². The van der Waals surface area contributed by atoms with Crippen LogP contribution in [-0.2, 0) is 0 Å². The minimum Gasteiger partial charge on any atom is -0.314 e. The maximum atomic E-state index is 8.96. The van der Waals surface area contributed by atoms with Crippen LogP contribution < -0.4 is 5.32 Å². The largest absolute Gasteiger partial charge is 0.314 e. The molecule has 2 aromatic carbocycles. The summed E-state index contributed by atoms with van der Waals surface area (Å²) < 4.78 is 0. The summed E-state index contributed by atoms with van der Waals surface area (Å²) in [5, 5.41) is 12.4. The first kappa shape index (κ1) is 13.8. The lowest BCUT2D eigenvalue weighted by atomic mass is 9.96. The molecule has 0 aliphatic carbocycles. The van der Waals surface area contributed by atoms with Crippen LogP contribution in [0.25, 0.3) is 0 Å². The Morgan fingerprint density at radius 2 is 1.52 bits per heavy atom. The topological polar surface area (TPSA) is 39.1 Å². The van der Waals surface area contributed by atoms with Gasteiger partial charge in [-0.05, 0) is 23.3 Å². The van der Waals surface area contributed by atoms with E-state index in [9.17, 15) is 0 Å². The van der Waals surface area contributed by atoms with Crippen LogP contribution in [0.3, 0.4) is 0 Å². The average Bonchev–Trinajstić information content (AvgIpc) is 2.58. The maximum Gasteiger partial charge on any atom is 0.0991 e. The molecule has 0 radical (unpaired) electrons. The van der Waals surface area contributed by atoms with Crippen LogP contribution in [0.4, 0.5) is 0 Å². The summed E-state index contributed by atoms with van der Waals surface area (Å²) in [6, 6.07) is 21.0. The number of piperazine rings is 1. The molecule has 3 nitrogen and oxygen atoms in total. The first-order valence-corrected chi connectivity index (χ1v) is 7.38. The lowest BCUT2D eigenvalue weighted by molar-refractivity contribution is 0.198. The van der Waals surface area contributed by atoms with Crippen LogP contribution in [0.1, 0.15) is 22.7 Å². The molecule has 1 saturated heterocycles. The summed E-state index contributed by atoms with van der Waals surface area (Å²) in [7, 11) is 0. The lowest BCUT2D eigenvalue weighted by Gasteiger charge is -2.35. The monoisotopic (exact) mass is 277 g/mol. The van der Waals surface area contributed by atoms with Crippen molar-refractivity contribution in [1.82, 2.24) is 10.2 Å². The molecule has 1 heterocycles. The van der Waals surface area contributed by atoms with E-state index in [2.05, 4.69) is 58.8 Å². The molecule has 1 fully saturated rings. The number of hydrogen-bond acceptors (Lipinski definition) is 3. The Hall–Kier alpha value is -2.15. The van der Waals surface area contributed by atoms with Crippen molar-refractivity contribution in [3.63, 3.8) is 0 Å². The van der Waals surface area contributed by atoms with Gasteiger partial charge in [-0.2, -0.15) is 5.26 Å².